The molecule has 68 valence electrons. The van der Waals surface area contributed by atoms with E-state index in [0.29, 0.717) is 6.54 Å². The van der Waals surface area contributed by atoms with Crippen molar-refractivity contribution in [3.05, 3.63) is 20.8 Å². The molecule has 0 fully saturated rings. The zero-order chi connectivity index (χ0) is 9.30. The van der Waals surface area contributed by atoms with Crippen molar-refractivity contribution in [3.63, 3.8) is 0 Å². The van der Waals surface area contributed by atoms with Crippen molar-refractivity contribution >= 4 is 15.9 Å². The molecule has 0 saturated heterocycles. The van der Waals surface area contributed by atoms with Crippen LogP contribution in [0, 0.1) is 0 Å². The molecule has 1 aromatic heterocycles. The summed E-state index contributed by atoms with van der Waals surface area (Å²) >= 11 is 3.35. The van der Waals surface area contributed by atoms with Gasteiger partial charge in [-0.05, 0) is 23.0 Å². The Labute approximate surface area is 79.3 Å². The maximum absolute atomic E-state index is 11.4. The third kappa shape index (κ3) is 1.34. The maximum Gasteiger partial charge on any atom is 0.328 e. The standard InChI is InChI=1S/C7H12BrN3O/c1-9-4-5-6(8)11(3)7(12)10(5)2/h9H,4H2,1-3H3. The van der Waals surface area contributed by atoms with Gasteiger partial charge >= 0.3 is 5.69 Å². The molecule has 0 unspecified atom stereocenters. The van der Waals surface area contributed by atoms with Crippen molar-refractivity contribution in [2.24, 2.45) is 14.1 Å². The lowest BCUT2D eigenvalue weighted by atomic mass is 10.5. The van der Waals surface area contributed by atoms with Gasteiger partial charge in [0.15, 0.2) is 0 Å². The fraction of sp³-hybridized carbons (Fsp3) is 0.571. The molecule has 0 aliphatic carbocycles. The van der Waals surface area contributed by atoms with Gasteiger partial charge in [-0.2, -0.15) is 0 Å². The van der Waals surface area contributed by atoms with Crippen molar-refractivity contribution < 1.29 is 0 Å². The van der Waals surface area contributed by atoms with Crippen LogP contribution >= 0.6 is 15.9 Å². The monoisotopic (exact) mass is 233 g/mol. The van der Waals surface area contributed by atoms with Crippen LogP contribution in [0.2, 0.25) is 0 Å². The molecule has 4 nitrogen and oxygen atoms in total. The molecule has 0 radical (unpaired) electrons. The van der Waals surface area contributed by atoms with Gasteiger partial charge in [0.1, 0.15) is 4.60 Å². The molecule has 0 atom stereocenters. The molecule has 5 heteroatoms. The molecule has 1 heterocycles. The molecule has 0 amide bonds. The summed E-state index contributed by atoms with van der Waals surface area (Å²) in [4.78, 5) is 11.4. The van der Waals surface area contributed by atoms with E-state index in [1.807, 2.05) is 7.05 Å². The van der Waals surface area contributed by atoms with Gasteiger partial charge in [0.2, 0.25) is 0 Å². The summed E-state index contributed by atoms with van der Waals surface area (Å²) in [5.41, 5.74) is 0.956. The lowest BCUT2D eigenvalue weighted by Gasteiger charge is -1.99. The summed E-state index contributed by atoms with van der Waals surface area (Å²) in [5.74, 6) is 0. The summed E-state index contributed by atoms with van der Waals surface area (Å²) in [6.45, 7) is 0.688. The quantitative estimate of drug-likeness (QED) is 0.794. The van der Waals surface area contributed by atoms with Gasteiger partial charge in [0.25, 0.3) is 0 Å². The minimum Gasteiger partial charge on any atom is -0.314 e. The second-order valence-corrected chi connectivity index (χ2v) is 3.42. The van der Waals surface area contributed by atoms with Crippen molar-refractivity contribution in [1.29, 1.82) is 0 Å². The van der Waals surface area contributed by atoms with Crippen LogP contribution in [0.4, 0.5) is 0 Å². The third-order valence-electron chi connectivity index (χ3n) is 1.86. The van der Waals surface area contributed by atoms with E-state index >= 15 is 0 Å². The molecule has 0 spiro atoms. The molecule has 1 N–H and O–H groups in total. The van der Waals surface area contributed by atoms with E-state index in [4.69, 9.17) is 0 Å². The van der Waals surface area contributed by atoms with Crippen molar-refractivity contribution in [1.82, 2.24) is 14.5 Å². The number of nitrogens with one attached hydrogen (secondary N) is 1. The summed E-state index contributed by atoms with van der Waals surface area (Å²) in [6, 6.07) is 0. The van der Waals surface area contributed by atoms with Gasteiger partial charge in [0, 0.05) is 20.6 Å². The second-order valence-electron chi connectivity index (χ2n) is 2.67. The molecule has 1 aromatic rings. The van der Waals surface area contributed by atoms with Crippen LogP contribution in [-0.4, -0.2) is 16.2 Å². The average Bonchev–Trinajstić information content (AvgIpc) is 2.23. The summed E-state index contributed by atoms with van der Waals surface area (Å²) in [7, 11) is 5.36. The minimum atomic E-state index is -0.00729. The fourth-order valence-electron chi connectivity index (χ4n) is 1.12. The van der Waals surface area contributed by atoms with E-state index < -0.39 is 0 Å². The normalized spacial score (nSPS) is 10.7. The molecule has 1 rings (SSSR count). The van der Waals surface area contributed by atoms with Crippen LogP contribution in [0.5, 0.6) is 0 Å². The summed E-state index contributed by atoms with van der Waals surface area (Å²) in [6.07, 6.45) is 0. The topological polar surface area (TPSA) is 39.0 Å². The second kappa shape index (κ2) is 3.45. The molecule has 12 heavy (non-hydrogen) atoms. The first kappa shape index (κ1) is 9.54. The highest BCUT2D eigenvalue weighted by Crippen LogP contribution is 2.12. The van der Waals surface area contributed by atoms with Crippen LogP contribution in [0.3, 0.4) is 0 Å². The van der Waals surface area contributed by atoms with Crippen molar-refractivity contribution in [2.45, 2.75) is 6.54 Å². The Balaban J connectivity index is 3.28. The number of nitrogens with zero attached hydrogens (tertiary/aromatic N) is 2. The molecular formula is C7H12BrN3O. The lowest BCUT2D eigenvalue weighted by molar-refractivity contribution is 0.710. The minimum absolute atomic E-state index is 0.00729. The summed E-state index contributed by atoms with van der Waals surface area (Å²) < 4.78 is 4.04. The molecular weight excluding hydrogens is 222 g/mol. The molecule has 0 aliphatic rings. The molecule has 0 aliphatic heterocycles. The Morgan fingerprint density at radius 2 is 2.00 bits per heavy atom. The zero-order valence-electron chi connectivity index (χ0n) is 7.39. The van der Waals surface area contributed by atoms with E-state index in [0.717, 1.165) is 10.3 Å². The Kier molecular flexibility index (Phi) is 2.74. The number of hydrogen-bond acceptors (Lipinski definition) is 2. The van der Waals surface area contributed by atoms with E-state index in [1.54, 1.807) is 23.2 Å². The molecule has 0 bridgehead atoms. The SMILES string of the molecule is CNCc1c(Br)n(C)c(=O)n1C. The molecule has 0 saturated carbocycles. The van der Waals surface area contributed by atoms with Crippen LogP contribution in [0.1, 0.15) is 5.69 Å². The maximum atomic E-state index is 11.4. The van der Waals surface area contributed by atoms with Gasteiger partial charge in [-0.25, -0.2) is 4.79 Å². The van der Waals surface area contributed by atoms with Crippen LogP contribution < -0.4 is 11.0 Å². The predicted molar refractivity (Wildman–Crippen MR) is 51.1 cm³/mol. The van der Waals surface area contributed by atoms with Crippen LogP contribution in [0.25, 0.3) is 0 Å². The van der Waals surface area contributed by atoms with Crippen LogP contribution in [-0.2, 0) is 20.6 Å². The Morgan fingerprint density at radius 1 is 1.42 bits per heavy atom. The smallest absolute Gasteiger partial charge is 0.314 e. The third-order valence-corrected chi connectivity index (χ3v) is 2.85. The average molecular weight is 234 g/mol. The van der Waals surface area contributed by atoms with E-state index in [9.17, 15) is 4.79 Å². The van der Waals surface area contributed by atoms with E-state index in [1.165, 1.54) is 0 Å². The zero-order valence-corrected chi connectivity index (χ0v) is 8.97. The highest BCUT2D eigenvalue weighted by atomic mass is 79.9. The number of aromatic nitrogens is 2. The lowest BCUT2D eigenvalue weighted by Crippen LogP contribution is -2.21. The number of rotatable bonds is 2. The highest BCUT2D eigenvalue weighted by molar-refractivity contribution is 9.10. The van der Waals surface area contributed by atoms with Gasteiger partial charge in [0.05, 0.1) is 5.69 Å². The van der Waals surface area contributed by atoms with E-state index in [-0.39, 0.29) is 5.69 Å². The largest absolute Gasteiger partial charge is 0.328 e. The highest BCUT2D eigenvalue weighted by Gasteiger charge is 2.10. The number of halogens is 1. The van der Waals surface area contributed by atoms with Gasteiger partial charge in [-0.3, -0.25) is 9.13 Å². The van der Waals surface area contributed by atoms with E-state index in [2.05, 4.69) is 21.2 Å². The first-order valence-electron chi connectivity index (χ1n) is 3.64. The predicted octanol–water partition coefficient (Wildman–Crippen LogP) is 0.206. The van der Waals surface area contributed by atoms with Gasteiger partial charge in [-0.15, -0.1) is 0 Å². The van der Waals surface area contributed by atoms with Crippen molar-refractivity contribution in [3.8, 4) is 0 Å². The van der Waals surface area contributed by atoms with Crippen LogP contribution in [0.15, 0.2) is 9.40 Å². The Bertz CT molecular complexity index is 339. The number of imidazole rings is 1. The fourth-order valence-corrected chi connectivity index (χ4v) is 1.67. The first-order chi connectivity index (χ1) is 5.59. The van der Waals surface area contributed by atoms with Crippen molar-refractivity contribution in [2.75, 3.05) is 7.05 Å². The Hall–Kier alpha value is -0.550. The van der Waals surface area contributed by atoms with Gasteiger partial charge in [-0.1, -0.05) is 0 Å². The van der Waals surface area contributed by atoms with Gasteiger partial charge < -0.3 is 5.32 Å². The number of hydrogen-bond donors (Lipinski definition) is 1. The first-order valence-corrected chi connectivity index (χ1v) is 4.43. The Morgan fingerprint density at radius 3 is 2.33 bits per heavy atom. The summed E-state index contributed by atoms with van der Waals surface area (Å²) in [5, 5.41) is 3.00. The molecule has 0 aromatic carbocycles.